The van der Waals surface area contributed by atoms with Gasteiger partial charge in [-0.15, -0.1) is 0 Å². The third-order valence-corrected chi connectivity index (χ3v) is 10.2. The molecule has 0 N–H and O–H groups in total. The predicted octanol–water partition coefficient (Wildman–Crippen LogP) is 11.4. The van der Waals surface area contributed by atoms with Gasteiger partial charge in [0, 0.05) is 16.8 Å². The Morgan fingerprint density at radius 3 is 1.75 bits per heavy atom. The molecule has 0 unspecified atom stereocenters. The molecular weight excluding hydrogens is 509 g/mol. The maximum Gasteiger partial charge on any atom is 0.341 e. The molecule has 0 aliphatic carbocycles. The topological polar surface area (TPSA) is 29.5 Å². The van der Waals surface area contributed by atoms with Gasteiger partial charge in [0.25, 0.3) is 0 Å². The van der Waals surface area contributed by atoms with Crippen molar-refractivity contribution >= 4 is 57.3 Å². The molecule has 0 radical (unpaired) electrons. The monoisotopic (exact) mass is 545 g/mol. The van der Waals surface area contributed by atoms with Crippen LogP contribution in [0.3, 0.4) is 0 Å². The Labute approximate surface area is 237 Å². The molecule has 40 heavy (non-hydrogen) atoms. The van der Waals surface area contributed by atoms with Crippen molar-refractivity contribution in [2.24, 2.45) is 0 Å². The molecule has 7 rings (SSSR count). The summed E-state index contributed by atoms with van der Waals surface area (Å²) < 4.78 is 17.0. The predicted molar refractivity (Wildman–Crippen MR) is 172 cm³/mol. The van der Waals surface area contributed by atoms with Gasteiger partial charge in [-0.05, 0) is 88.0 Å². The first-order valence-electron chi connectivity index (χ1n) is 14.6. The summed E-state index contributed by atoms with van der Waals surface area (Å²) in [5.41, 5.74) is 7.00. The Morgan fingerprint density at radius 1 is 0.700 bits per heavy atom. The van der Waals surface area contributed by atoms with Gasteiger partial charge in [0.1, 0.15) is 11.2 Å². The summed E-state index contributed by atoms with van der Waals surface area (Å²) in [5, 5.41) is 7.23. The van der Waals surface area contributed by atoms with Gasteiger partial charge in [-0.25, -0.2) is 0 Å². The normalized spacial score (nSPS) is 15.6. The maximum absolute atomic E-state index is 7.26. The lowest BCUT2D eigenvalue weighted by Crippen LogP contribution is -2.30. The molecule has 1 aliphatic heterocycles. The fourth-order valence-electron chi connectivity index (χ4n) is 6.43. The smallest absolute Gasteiger partial charge is 0.341 e. The van der Waals surface area contributed by atoms with E-state index in [0.29, 0.717) is 17.9 Å². The molecule has 0 amide bonds. The summed E-state index contributed by atoms with van der Waals surface area (Å²) in [7, 11) is -1.48. The molecule has 202 valence electrons. The third-order valence-electron chi connectivity index (χ3n) is 8.56. The second kappa shape index (κ2) is 9.75. The molecule has 6 aromatic rings. The zero-order valence-corrected chi connectivity index (χ0v) is 24.8. The molecule has 0 saturated carbocycles. The van der Waals surface area contributed by atoms with Gasteiger partial charge in [0.05, 0.1) is 5.69 Å². The molecule has 1 atom stereocenters. The van der Waals surface area contributed by atoms with Crippen molar-refractivity contribution in [2.75, 3.05) is 4.67 Å². The Hall–Kier alpha value is -3.68. The fourth-order valence-corrected chi connectivity index (χ4v) is 8.16. The lowest BCUT2D eigenvalue weighted by atomic mass is 9.90. The van der Waals surface area contributed by atoms with E-state index in [9.17, 15) is 0 Å². The van der Waals surface area contributed by atoms with Crippen LogP contribution in [0.25, 0.3) is 43.5 Å². The summed E-state index contributed by atoms with van der Waals surface area (Å²) in [6.45, 7) is 11.4. The number of aryl methyl sites for hydroxylation is 1. The average molecular weight is 546 g/mol. The Balaban J connectivity index is 1.78. The first-order valence-corrected chi connectivity index (χ1v) is 15.7. The Bertz CT molecular complexity index is 1840. The van der Waals surface area contributed by atoms with E-state index in [0.717, 1.165) is 24.0 Å². The minimum absolute atomic E-state index is 0.294. The highest BCUT2D eigenvalue weighted by atomic mass is 31.1. The Morgan fingerprint density at radius 2 is 1.20 bits per heavy atom. The van der Waals surface area contributed by atoms with Crippen LogP contribution in [0.5, 0.6) is 0 Å². The first kappa shape index (κ1) is 25.3. The molecule has 0 fully saturated rings. The number of anilines is 1. The van der Waals surface area contributed by atoms with E-state index in [-0.39, 0.29) is 0 Å². The summed E-state index contributed by atoms with van der Waals surface area (Å²) in [5.74, 6) is 0.588. The van der Waals surface area contributed by atoms with Crippen LogP contribution in [0.15, 0.2) is 93.3 Å². The van der Waals surface area contributed by atoms with Crippen LogP contribution in [0.4, 0.5) is 5.69 Å². The summed E-state index contributed by atoms with van der Waals surface area (Å²) in [6.07, 6.45) is 2.15. The van der Waals surface area contributed by atoms with Crippen molar-refractivity contribution in [1.29, 1.82) is 0 Å². The van der Waals surface area contributed by atoms with Crippen LogP contribution in [0.1, 0.15) is 69.6 Å². The van der Waals surface area contributed by atoms with Crippen molar-refractivity contribution in [1.82, 2.24) is 0 Å². The minimum atomic E-state index is -1.48. The van der Waals surface area contributed by atoms with Gasteiger partial charge >= 0.3 is 8.16 Å². The lowest BCUT2D eigenvalue weighted by Gasteiger charge is -2.33. The van der Waals surface area contributed by atoms with Gasteiger partial charge in [0.2, 0.25) is 0 Å². The van der Waals surface area contributed by atoms with Crippen LogP contribution in [-0.4, -0.2) is 6.04 Å². The quantitative estimate of drug-likeness (QED) is 0.221. The highest BCUT2D eigenvalue weighted by Crippen LogP contribution is 2.50. The third kappa shape index (κ3) is 3.94. The molecule has 2 heterocycles. The minimum Gasteiger partial charge on any atom is -0.403 e. The zero-order valence-electron chi connectivity index (χ0n) is 23.9. The van der Waals surface area contributed by atoms with Crippen molar-refractivity contribution in [3.05, 3.63) is 102 Å². The number of benzene rings is 5. The molecule has 0 spiro atoms. The molecule has 3 nitrogen and oxygen atoms in total. The van der Waals surface area contributed by atoms with Gasteiger partial charge < -0.3 is 8.39 Å². The summed E-state index contributed by atoms with van der Waals surface area (Å²) in [6, 6.07) is 31.2. The van der Waals surface area contributed by atoms with Gasteiger partial charge in [0.15, 0.2) is 0 Å². The number of rotatable bonds is 3. The maximum atomic E-state index is 7.26. The second-order valence-electron chi connectivity index (χ2n) is 11.9. The van der Waals surface area contributed by atoms with E-state index in [1.54, 1.807) is 0 Å². The Kier molecular flexibility index (Phi) is 6.17. The molecule has 0 saturated heterocycles. The van der Waals surface area contributed by atoms with E-state index in [4.69, 9.17) is 8.39 Å². The zero-order chi connectivity index (χ0) is 27.5. The van der Waals surface area contributed by atoms with Crippen molar-refractivity contribution in [3.63, 3.8) is 0 Å². The summed E-state index contributed by atoms with van der Waals surface area (Å²) >= 11 is 0. The fraction of sp³-hybridized carbons (Fsp3) is 0.278. The standard InChI is InChI=1S/C36H36NO2P/c1-22(2)30-20-26-13-6-9-15-28(26)33-34-29-16-10-7-14-27(29)21-31(23(3)4)36(34)39-40(38-35(30)33)37-24(5)18-19-25-12-8-11-17-32(25)37/h6-17,20-24H,18-19H2,1-5H3/t24-/m1/s1. The molecule has 4 heteroatoms. The lowest BCUT2D eigenvalue weighted by molar-refractivity contribution is 0.581. The molecule has 0 bridgehead atoms. The SMILES string of the molecule is CC(C)c1cc2ccccc2c2c1op(N1c3ccccc3CC[C@H]1C)oc1c(C(C)C)cc3ccccc3c12. The van der Waals surface area contributed by atoms with Crippen molar-refractivity contribution in [2.45, 2.75) is 65.3 Å². The average Bonchev–Trinajstić information content (AvgIpc) is 3.14. The number of hydrogen-bond donors (Lipinski definition) is 0. The van der Waals surface area contributed by atoms with E-state index in [2.05, 4.69) is 124 Å². The molecule has 1 aliphatic rings. The van der Waals surface area contributed by atoms with Crippen LogP contribution in [0.2, 0.25) is 0 Å². The number of hydrogen-bond acceptors (Lipinski definition) is 3. The molecule has 1 aromatic heterocycles. The summed E-state index contributed by atoms with van der Waals surface area (Å²) in [4.78, 5) is 0. The molecular formula is C36H36NO2P. The van der Waals surface area contributed by atoms with Gasteiger partial charge in [-0.1, -0.05) is 94.4 Å². The van der Waals surface area contributed by atoms with E-state index in [1.165, 1.54) is 54.7 Å². The van der Waals surface area contributed by atoms with Crippen molar-refractivity contribution in [3.8, 4) is 0 Å². The second-order valence-corrected chi connectivity index (χ2v) is 13.1. The number of nitrogens with zero attached hydrogens (tertiary/aromatic N) is 1. The first-order chi connectivity index (χ1) is 19.4. The largest absolute Gasteiger partial charge is 0.403 e. The van der Waals surface area contributed by atoms with E-state index >= 15 is 0 Å². The van der Waals surface area contributed by atoms with E-state index in [1.807, 2.05) is 0 Å². The number of para-hydroxylation sites is 1. The molecule has 5 aromatic carbocycles. The van der Waals surface area contributed by atoms with Gasteiger partial charge in [-0.3, -0.25) is 4.67 Å². The highest BCUT2D eigenvalue weighted by molar-refractivity contribution is 7.39. The number of fused-ring (bicyclic) bond motifs is 8. The van der Waals surface area contributed by atoms with Crippen LogP contribution in [-0.2, 0) is 6.42 Å². The van der Waals surface area contributed by atoms with Crippen LogP contribution in [0, 0.1) is 0 Å². The van der Waals surface area contributed by atoms with E-state index < -0.39 is 8.16 Å². The van der Waals surface area contributed by atoms with Crippen LogP contribution < -0.4 is 4.67 Å². The van der Waals surface area contributed by atoms with Crippen LogP contribution >= 0.6 is 8.16 Å². The highest BCUT2D eigenvalue weighted by Gasteiger charge is 2.29. The van der Waals surface area contributed by atoms with Gasteiger partial charge in [-0.2, -0.15) is 0 Å². The van der Waals surface area contributed by atoms with Crippen molar-refractivity contribution < 1.29 is 8.39 Å².